The Hall–Kier alpha value is 0.0719. The second-order valence-electron chi connectivity index (χ2n) is 4.87. The Labute approximate surface area is 154 Å². The van der Waals surface area contributed by atoms with Crippen molar-refractivity contribution in [3.63, 3.8) is 0 Å². The fourth-order valence-corrected chi connectivity index (χ4v) is 1.65. The second kappa shape index (κ2) is 7.60. The minimum Gasteiger partial charge on any atom is -0.340 e. The van der Waals surface area contributed by atoms with Crippen LogP contribution in [-0.4, -0.2) is 36.0 Å². The molecule has 0 nitrogen and oxygen atoms in total. The Kier molecular flexibility index (Phi) is 8.29. The summed E-state index contributed by atoms with van der Waals surface area (Å²) >= 11 is 0. The van der Waals surface area contributed by atoms with Gasteiger partial charge in [-0.2, -0.15) is 58.6 Å². The molecule has 0 aromatic carbocycles. The summed E-state index contributed by atoms with van der Waals surface area (Å²) in [6.45, 7) is 2.18. The van der Waals surface area contributed by atoms with Gasteiger partial charge in [-0.25, -0.2) is 8.78 Å². The normalized spacial score (nSPS) is 15.4. The number of hydrogen-bond donors (Lipinski definition) is 0. The van der Waals surface area contributed by atoms with Crippen LogP contribution in [0.15, 0.2) is 0 Å². The van der Waals surface area contributed by atoms with Crippen molar-refractivity contribution in [1.29, 1.82) is 0 Å². The molecule has 25 heavy (non-hydrogen) atoms. The molecule has 0 rings (SSSR count). The third-order valence-electron chi connectivity index (χ3n) is 2.94. The van der Waals surface area contributed by atoms with E-state index < -0.39 is 54.8 Å². The van der Waals surface area contributed by atoms with Crippen LogP contribution < -0.4 is 0 Å². The zero-order valence-electron chi connectivity index (χ0n) is 11.5. The summed E-state index contributed by atoms with van der Waals surface area (Å²) in [5.41, 5.74) is -12.3. The second-order valence-corrected chi connectivity index (χ2v) is 4.87. The van der Waals surface area contributed by atoms with Crippen LogP contribution in [0.4, 0.5) is 61.5 Å². The first-order valence-electron chi connectivity index (χ1n) is 5.58. The molecule has 150 valence electrons. The average molecular weight is 631 g/mol. The summed E-state index contributed by atoms with van der Waals surface area (Å²) in [4.78, 5) is 0. The molecule has 0 aromatic rings. The fraction of sp³-hybridized carbons (Fsp3) is 0.900. The molecule has 0 spiro atoms. The molecular weight excluding hydrogens is 624 g/mol. The minimum atomic E-state index is -6.71. The minimum absolute atomic E-state index is 0. The monoisotopic (exact) mass is 631 g/mol. The Morgan fingerprint density at radius 2 is 0.640 bits per heavy atom. The van der Waals surface area contributed by atoms with Gasteiger partial charge in [-0.15, -0.1) is 0 Å². The van der Waals surface area contributed by atoms with Crippen LogP contribution in [0.25, 0.3) is 0 Å². The predicted octanol–water partition coefficient (Wildman–Crippen LogP) is 5.88. The Bertz CT molecular complexity index is 359. The standard InChI is InChI=1S/C10H7F14.U/c1-4(2-5(11,7(13,14)15)8(16,17)18)3-6(12,9(19,20)21)10(22,23)24;/h4H,1-3H2;/q-1;. The third-order valence-corrected chi connectivity index (χ3v) is 2.94. The molecule has 0 aliphatic carbocycles. The zero-order valence-corrected chi connectivity index (χ0v) is 15.7. The predicted molar refractivity (Wildman–Crippen MR) is 50.0 cm³/mol. The van der Waals surface area contributed by atoms with Crippen LogP contribution in [-0.2, 0) is 0 Å². The molecule has 0 saturated heterocycles. The van der Waals surface area contributed by atoms with Crippen LogP contribution >= 0.6 is 0 Å². The Morgan fingerprint density at radius 1 is 0.480 bits per heavy atom. The molecule has 0 aliphatic heterocycles. The van der Waals surface area contributed by atoms with Crippen LogP contribution in [0.2, 0.25) is 0 Å². The molecule has 0 heterocycles. The number of halogens is 14. The first-order valence-corrected chi connectivity index (χ1v) is 5.58. The van der Waals surface area contributed by atoms with Crippen molar-refractivity contribution in [3.8, 4) is 0 Å². The van der Waals surface area contributed by atoms with Crippen molar-refractivity contribution < 1.29 is 92.6 Å². The summed E-state index contributed by atoms with van der Waals surface area (Å²) in [6, 6.07) is 0. The first-order chi connectivity index (χ1) is 10.1. The van der Waals surface area contributed by atoms with Gasteiger partial charge in [0.05, 0.1) is 0 Å². The molecule has 0 amide bonds. The quantitative estimate of drug-likeness (QED) is 0.269. The van der Waals surface area contributed by atoms with E-state index in [2.05, 4.69) is 6.92 Å². The summed E-state index contributed by atoms with van der Waals surface area (Å²) in [7, 11) is 0. The van der Waals surface area contributed by atoms with Gasteiger partial charge in [-0.3, -0.25) is 0 Å². The smallest absolute Gasteiger partial charge is 0.340 e. The van der Waals surface area contributed by atoms with Crippen LogP contribution in [0.1, 0.15) is 12.8 Å². The van der Waals surface area contributed by atoms with Gasteiger partial charge in [0.15, 0.2) is 0 Å². The molecular formula is C10H7F14U-. The number of hydrogen-bond acceptors (Lipinski definition) is 0. The summed E-state index contributed by atoms with van der Waals surface area (Å²) < 4.78 is 173. The third kappa shape index (κ3) is 5.52. The van der Waals surface area contributed by atoms with E-state index in [1.54, 1.807) is 0 Å². The molecule has 0 saturated carbocycles. The van der Waals surface area contributed by atoms with E-state index in [1.807, 2.05) is 0 Å². The van der Waals surface area contributed by atoms with Gasteiger partial charge in [-0.05, 0) is 12.8 Å². The maximum atomic E-state index is 13.2. The molecule has 0 N–H and O–H groups in total. The summed E-state index contributed by atoms with van der Waals surface area (Å²) in [5, 5.41) is 0. The van der Waals surface area contributed by atoms with Crippen molar-refractivity contribution in [1.82, 2.24) is 0 Å². The van der Waals surface area contributed by atoms with Crippen LogP contribution in [0.3, 0.4) is 0 Å². The van der Waals surface area contributed by atoms with Gasteiger partial charge < -0.3 is 6.92 Å². The molecule has 0 bridgehead atoms. The van der Waals surface area contributed by atoms with E-state index in [9.17, 15) is 61.5 Å². The van der Waals surface area contributed by atoms with Gasteiger partial charge in [0.1, 0.15) is 0 Å². The largest absolute Gasteiger partial charge is 0.431 e. The molecule has 0 aliphatic rings. The maximum Gasteiger partial charge on any atom is 0.431 e. The van der Waals surface area contributed by atoms with E-state index in [1.165, 1.54) is 0 Å². The van der Waals surface area contributed by atoms with Crippen molar-refractivity contribution in [3.05, 3.63) is 6.92 Å². The topological polar surface area (TPSA) is 0 Å². The van der Waals surface area contributed by atoms with Crippen LogP contribution in [0.5, 0.6) is 0 Å². The zero-order chi connectivity index (χ0) is 20.0. The van der Waals surface area contributed by atoms with Gasteiger partial charge in [0, 0.05) is 31.1 Å². The van der Waals surface area contributed by atoms with E-state index >= 15 is 0 Å². The van der Waals surface area contributed by atoms with Gasteiger partial charge in [-0.1, -0.05) is 0 Å². The van der Waals surface area contributed by atoms with Crippen LogP contribution in [0, 0.1) is 44.0 Å². The Morgan fingerprint density at radius 3 is 0.760 bits per heavy atom. The SMILES string of the molecule is [CH2-]C(CC(F)(C(F)(F)F)C(F)(F)F)CC(F)(C(F)(F)F)C(F)(F)F.[U]. The molecule has 0 aromatic heterocycles. The number of rotatable bonds is 4. The molecule has 0 radical (unpaired) electrons. The molecule has 15 heteroatoms. The van der Waals surface area contributed by atoms with E-state index in [0.29, 0.717) is 0 Å². The van der Waals surface area contributed by atoms with Crippen molar-refractivity contribution >= 4 is 0 Å². The molecule has 0 fully saturated rings. The van der Waals surface area contributed by atoms with E-state index in [4.69, 9.17) is 0 Å². The number of alkyl halides is 14. The summed E-state index contributed by atoms with van der Waals surface area (Å²) in [5.74, 6) is -3.16. The van der Waals surface area contributed by atoms with Crippen molar-refractivity contribution in [2.45, 2.75) is 48.9 Å². The molecule has 0 unspecified atom stereocenters. The summed E-state index contributed by atoms with van der Waals surface area (Å²) in [6.07, 6.45) is -32.8. The molecule has 0 atom stereocenters. The van der Waals surface area contributed by atoms with Crippen molar-refractivity contribution in [2.75, 3.05) is 0 Å². The van der Waals surface area contributed by atoms with E-state index in [-0.39, 0.29) is 31.1 Å². The first kappa shape index (κ1) is 27.3. The van der Waals surface area contributed by atoms with E-state index in [0.717, 1.165) is 0 Å². The van der Waals surface area contributed by atoms with Gasteiger partial charge in [0.25, 0.3) is 11.3 Å². The van der Waals surface area contributed by atoms with Crippen molar-refractivity contribution in [2.24, 2.45) is 5.92 Å². The average Bonchev–Trinajstić information content (AvgIpc) is 2.21. The fourth-order valence-electron chi connectivity index (χ4n) is 1.65. The van der Waals surface area contributed by atoms with Gasteiger partial charge >= 0.3 is 24.7 Å². The maximum absolute atomic E-state index is 13.2. The Balaban J connectivity index is 0. The van der Waals surface area contributed by atoms with Gasteiger partial charge in [0.2, 0.25) is 0 Å².